The maximum absolute atomic E-state index is 12.8. The third-order valence-electron chi connectivity index (χ3n) is 4.01. The average Bonchev–Trinajstić information content (AvgIpc) is 3.07. The highest BCUT2D eigenvalue weighted by Crippen LogP contribution is 2.16. The van der Waals surface area contributed by atoms with Gasteiger partial charge in [0.15, 0.2) is 6.61 Å². The molecule has 0 bridgehead atoms. The van der Waals surface area contributed by atoms with Gasteiger partial charge in [0.1, 0.15) is 18.2 Å². The Labute approximate surface area is 146 Å². The summed E-state index contributed by atoms with van der Waals surface area (Å²) in [6, 6.07) is 5.96. The molecular formula is C17H24FN3O4. The molecule has 138 valence electrons. The highest BCUT2D eigenvalue weighted by atomic mass is 19.1. The Morgan fingerprint density at radius 1 is 1.32 bits per heavy atom. The molecular weight excluding hydrogens is 329 g/mol. The Hall–Kier alpha value is -2.35. The van der Waals surface area contributed by atoms with Gasteiger partial charge >= 0.3 is 6.09 Å². The van der Waals surface area contributed by atoms with Crippen molar-refractivity contribution in [3.05, 3.63) is 30.1 Å². The Kier molecular flexibility index (Phi) is 7.46. The number of alkyl carbamates (subject to hydrolysis) is 1. The van der Waals surface area contributed by atoms with E-state index in [-0.39, 0.29) is 18.3 Å². The molecule has 0 aliphatic carbocycles. The van der Waals surface area contributed by atoms with E-state index in [1.165, 1.54) is 19.2 Å². The lowest BCUT2D eigenvalue weighted by molar-refractivity contribution is -0.123. The van der Waals surface area contributed by atoms with E-state index in [4.69, 9.17) is 9.47 Å². The van der Waals surface area contributed by atoms with Gasteiger partial charge in [0.05, 0.1) is 0 Å². The zero-order valence-corrected chi connectivity index (χ0v) is 14.3. The fourth-order valence-corrected chi connectivity index (χ4v) is 2.59. The van der Waals surface area contributed by atoms with Crippen LogP contribution in [0.3, 0.4) is 0 Å². The standard InChI is InChI=1S/C17H24FN3O4/c1-19-16(22)12-25-17(23)20-10-13-6-7-21(11-13)8-9-24-15-4-2-14(18)3-5-15/h2-5,13H,6-12H2,1H3,(H,19,22)(H,20,23). The van der Waals surface area contributed by atoms with Gasteiger partial charge in [-0.05, 0) is 43.1 Å². The predicted molar refractivity (Wildman–Crippen MR) is 89.9 cm³/mol. The monoisotopic (exact) mass is 353 g/mol. The molecule has 25 heavy (non-hydrogen) atoms. The molecule has 1 saturated heterocycles. The van der Waals surface area contributed by atoms with Crippen molar-refractivity contribution in [1.82, 2.24) is 15.5 Å². The van der Waals surface area contributed by atoms with Crippen molar-refractivity contribution in [1.29, 1.82) is 0 Å². The van der Waals surface area contributed by atoms with Crippen LogP contribution in [0.5, 0.6) is 5.75 Å². The van der Waals surface area contributed by atoms with Crippen LogP contribution in [0.2, 0.25) is 0 Å². The molecule has 1 aromatic carbocycles. The molecule has 0 radical (unpaired) electrons. The first kappa shape index (κ1) is 19.0. The lowest BCUT2D eigenvalue weighted by Gasteiger charge is -2.16. The van der Waals surface area contributed by atoms with Gasteiger partial charge in [-0.15, -0.1) is 0 Å². The number of nitrogens with zero attached hydrogens (tertiary/aromatic N) is 1. The smallest absolute Gasteiger partial charge is 0.407 e. The van der Waals surface area contributed by atoms with E-state index in [0.717, 1.165) is 26.1 Å². The van der Waals surface area contributed by atoms with E-state index < -0.39 is 6.09 Å². The fraction of sp³-hybridized carbons (Fsp3) is 0.529. The van der Waals surface area contributed by atoms with Gasteiger partial charge in [-0.2, -0.15) is 0 Å². The zero-order valence-electron chi connectivity index (χ0n) is 14.3. The van der Waals surface area contributed by atoms with Crippen molar-refractivity contribution >= 4 is 12.0 Å². The van der Waals surface area contributed by atoms with Crippen molar-refractivity contribution in [2.24, 2.45) is 5.92 Å². The topological polar surface area (TPSA) is 79.9 Å². The van der Waals surface area contributed by atoms with Gasteiger partial charge in [-0.3, -0.25) is 9.69 Å². The molecule has 1 aromatic rings. The molecule has 0 aromatic heterocycles. The number of carbonyl (C=O) groups is 2. The summed E-state index contributed by atoms with van der Waals surface area (Å²) in [6.45, 7) is 3.34. The molecule has 2 rings (SSSR count). The number of benzene rings is 1. The van der Waals surface area contributed by atoms with Crippen LogP contribution in [0.1, 0.15) is 6.42 Å². The third-order valence-corrected chi connectivity index (χ3v) is 4.01. The van der Waals surface area contributed by atoms with E-state index in [1.807, 2.05) is 0 Å². The Bertz CT molecular complexity index is 568. The molecule has 7 nitrogen and oxygen atoms in total. The van der Waals surface area contributed by atoms with Crippen LogP contribution < -0.4 is 15.4 Å². The second-order valence-corrected chi connectivity index (χ2v) is 5.89. The predicted octanol–water partition coefficient (Wildman–Crippen LogP) is 0.999. The minimum absolute atomic E-state index is 0.278. The van der Waals surface area contributed by atoms with Crippen LogP contribution in [0.15, 0.2) is 24.3 Å². The summed E-state index contributed by atoms with van der Waals surface area (Å²) in [5.41, 5.74) is 0. The average molecular weight is 353 g/mol. The number of rotatable bonds is 8. The third kappa shape index (κ3) is 6.96. The highest BCUT2D eigenvalue weighted by Gasteiger charge is 2.22. The molecule has 2 amide bonds. The van der Waals surface area contributed by atoms with E-state index in [9.17, 15) is 14.0 Å². The lowest BCUT2D eigenvalue weighted by atomic mass is 10.1. The molecule has 1 unspecified atom stereocenters. The molecule has 1 atom stereocenters. The van der Waals surface area contributed by atoms with Gasteiger partial charge in [0.2, 0.25) is 0 Å². The Balaban J connectivity index is 1.57. The first-order valence-corrected chi connectivity index (χ1v) is 8.28. The van der Waals surface area contributed by atoms with E-state index in [0.29, 0.717) is 24.8 Å². The minimum atomic E-state index is -0.582. The number of hydrogen-bond acceptors (Lipinski definition) is 5. The number of halogens is 1. The summed E-state index contributed by atoms with van der Waals surface area (Å²) in [5.74, 6) is 0.371. The van der Waals surface area contributed by atoms with Crippen LogP contribution >= 0.6 is 0 Å². The summed E-state index contributed by atoms with van der Waals surface area (Å²) in [5, 5.41) is 5.05. The van der Waals surface area contributed by atoms with Crippen LogP contribution in [0.4, 0.5) is 9.18 Å². The first-order chi connectivity index (χ1) is 12.1. The Morgan fingerprint density at radius 3 is 2.80 bits per heavy atom. The molecule has 1 fully saturated rings. The van der Waals surface area contributed by atoms with Crippen LogP contribution in [-0.2, 0) is 9.53 Å². The van der Waals surface area contributed by atoms with Crippen LogP contribution in [-0.4, -0.2) is 63.3 Å². The molecule has 2 N–H and O–H groups in total. The SMILES string of the molecule is CNC(=O)COC(=O)NCC1CCN(CCOc2ccc(F)cc2)C1. The van der Waals surface area contributed by atoms with Crippen LogP contribution in [0, 0.1) is 11.7 Å². The number of ether oxygens (including phenoxy) is 2. The number of likely N-dealkylation sites (tertiary alicyclic amines) is 1. The fourth-order valence-electron chi connectivity index (χ4n) is 2.59. The molecule has 1 aliphatic heterocycles. The number of nitrogens with one attached hydrogen (secondary N) is 2. The number of carbonyl (C=O) groups excluding carboxylic acids is 2. The number of likely N-dealkylation sites (N-methyl/N-ethyl adjacent to an activating group) is 1. The summed E-state index contributed by atoms with van der Waals surface area (Å²) >= 11 is 0. The number of hydrogen-bond donors (Lipinski definition) is 2. The highest BCUT2D eigenvalue weighted by molar-refractivity contribution is 5.79. The maximum Gasteiger partial charge on any atom is 0.407 e. The Morgan fingerprint density at radius 2 is 2.08 bits per heavy atom. The maximum atomic E-state index is 12.8. The minimum Gasteiger partial charge on any atom is -0.492 e. The van der Waals surface area contributed by atoms with Gasteiger partial charge in [-0.1, -0.05) is 0 Å². The largest absolute Gasteiger partial charge is 0.492 e. The van der Waals surface area contributed by atoms with Crippen molar-refractivity contribution in [3.8, 4) is 5.75 Å². The summed E-state index contributed by atoms with van der Waals surface area (Å²) in [4.78, 5) is 24.7. The molecule has 0 spiro atoms. The lowest BCUT2D eigenvalue weighted by Crippen LogP contribution is -2.34. The molecule has 1 aliphatic rings. The molecule has 1 heterocycles. The van der Waals surface area contributed by atoms with E-state index >= 15 is 0 Å². The second kappa shape index (κ2) is 9.83. The van der Waals surface area contributed by atoms with Crippen LogP contribution in [0.25, 0.3) is 0 Å². The van der Waals surface area contributed by atoms with Gasteiger partial charge in [0, 0.05) is 26.7 Å². The van der Waals surface area contributed by atoms with Crippen molar-refractivity contribution in [2.45, 2.75) is 6.42 Å². The summed E-state index contributed by atoms with van der Waals surface area (Å²) in [7, 11) is 1.48. The van der Waals surface area contributed by atoms with Gasteiger partial charge in [-0.25, -0.2) is 9.18 Å². The zero-order chi connectivity index (χ0) is 18.1. The first-order valence-electron chi connectivity index (χ1n) is 8.28. The van der Waals surface area contributed by atoms with Crippen molar-refractivity contribution in [2.75, 3.05) is 46.4 Å². The normalized spacial score (nSPS) is 17.1. The van der Waals surface area contributed by atoms with E-state index in [1.54, 1.807) is 12.1 Å². The van der Waals surface area contributed by atoms with Crippen molar-refractivity contribution in [3.63, 3.8) is 0 Å². The van der Waals surface area contributed by atoms with Gasteiger partial charge < -0.3 is 20.1 Å². The van der Waals surface area contributed by atoms with Crippen molar-refractivity contribution < 1.29 is 23.5 Å². The summed E-state index contributed by atoms with van der Waals surface area (Å²) < 4.78 is 23.2. The second-order valence-electron chi connectivity index (χ2n) is 5.89. The molecule has 8 heteroatoms. The van der Waals surface area contributed by atoms with E-state index in [2.05, 4.69) is 15.5 Å². The summed E-state index contributed by atoms with van der Waals surface area (Å²) in [6.07, 6.45) is 0.397. The van der Waals surface area contributed by atoms with Gasteiger partial charge in [0.25, 0.3) is 5.91 Å². The quantitative estimate of drug-likeness (QED) is 0.729. The number of amides is 2. The molecule has 0 saturated carbocycles.